The van der Waals surface area contributed by atoms with Crippen LogP contribution in [-0.2, 0) is 25.4 Å². The molecular weight excluding hydrogens is 272 g/mol. The molecule has 4 nitrogen and oxygen atoms in total. The van der Waals surface area contributed by atoms with Gasteiger partial charge >= 0.3 is 0 Å². The van der Waals surface area contributed by atoms with E-state index in [0.29, 0.717) is 23.5 Å². The lowest BCUT2D eigenvalue weighted by Crippen LogP contribution is -2.02. The van der Waals surface area contributed by atoms with Crippen LogP contribution in [-0.4, -0.2) is 30.4 Å². The van der Waals surface area contributed by atoms with Crippen molar-refractivity contribution in [3.63, 3.8) is 0 Å². The van der Waals surface area contributed by atoms with Crippen LogP contribution in [0.1, 0.15) is 19.8 Å². The number of carbonyl (C=O) groups excluding carboxylic acids is 1. The van der Waals surface area contributed by atoms with Gasteiger partial charge in [0.1, 0.15) is 5.78 Å². The Hall–Kier alpha value is -1.01. The zero-order chi connectivity index (χ0) is 13.8. The second-order valence-electron chi connectivity index (χ2n) is 4.10. The van der Waals surface area contributed by atoms with E-state index in [0.717, 1.165) is 6.26 Å². The molecule has 0 aromatic heterocycles. The molecule has 1 atom stereocenters. The molecule has 0 saturated carbocycles. The second-order valence-corrected chi connectivity index (χ2v) is 7.69. The number of ketones is 1. The monoisotopic (exact) mass is 288 g/mol. The second kappa shape index (κ2) is 6.24. The van der Waals surface area contributed by atoms with Crippen molar-refractivity contribution < 1.29 is 17.4 Å². The summed E-state index contributed by atoms with van der Waals surface area (Å²) in [5.74, 6) is 0.497. The number of Topliss-reactive ketones (excluding diaryl/α,β-unsaturated/α-hetero) is 1. The normalized spacial score (nSPS) is 13.2. The fourth-order valence-electron chi connectivity index (χ4n) is 1.41. The van der Waals surface area contributed by atoms with Crippen molar-refractivity contribution in [2.45, 2.75) is 29.6 Å². The summed E-state index contributed by atoms with van der Waals surface area (Å²) in [5.41, 5.74) is 0. The minimum absolute atomic E-state index is 0.0828. The van der Waals surface area contributed by atoms with Crippen LogP contribution in [0.25, 0.3) is 0 Å². The number of hydrogen-bond donors (Lipinski definition) is 0. The topological polar surface area (TPSA) is 68.3 Å². The van der Waals surface area contributed by atoms with E-state index >= 15 is 0 Å². The quantitative estimate of drug-likeness (QED) is 0.796. The number of rotatable bonds is 6. The van der Waals surface area contributed by atoms with Crippen LogP contribution in [0.3, 0.4) is 0 Å². The maximum Gasteiger partial charge on any atom is 0.175 e. The SMILES string of the molecule is CC(=O)CCCS(=O)c1ccc(S(C)(=O)=O)cc1. The van der Waals surface area contributed by atoms with Crippen molar-refractivity contribution in [2.24, 2.45) is 0 Å². The molecule has 6 heteroatoms. The molecule has 1 aromatic carbocycles. The molecule has 1 rings (SSSR count). The predicted molar refractivity (Wildman–Crippen MR) is 70.7 cm³/mol. The number of carbonyl (C=O) groups is 1. The van der Waals surface area contributed by atoms with Crippen LogP contribution in [0.4, 0.5) is 0 Å². The first kappa shape index (κ1) is 15.0. The summed E-state index contributed by atoms with van der Waals surface area (Å²) in [7, 11) is -4.40. The van der Waals surface area contributed by atoms with Gasteiger partial charge in [-0.15, -0.1) is 0 Å². The van der Waals surface area contributed by atoms with E-state index in [2.05, 4.69) is 0 Å². The summed E-state index contributed by atoms with van der Waals surface area (Å²) in [5, 5.41) is 0. The van der Waals surface area contributed by atoms with E-state index in [1.165, 1.54) is 19.1 Å². The highest BCUT2D eigenvalue weighted by Gasteiger charge is 2.09. The minimum atomic E-state index is -3.22. The summed E-state index contributed by atoms with van der Waals surface area (Å²) < 4.78 is 34.3. The average molecular weight is 288 g/mol. The van der Waals surface area contributed by atoms with Gasteiger partial charge in [0.05, 0.1) is 15.7 Å². The third-order valence-electron chi connectivity index (χ3n) is 2.37. The summed E-state index contributed by atoms with van der Waals surface area (Å²) in [4.78, 5) is 11.6. The highest BCUT2D eigenvalue weighted by atomic mass is 32.2. The molecule has 0 spiro atoms. The molecule has 1 unspecified atom stereocenters. The first-order valence-electron chi connectivity index (χ1n) is 5.48. The maximum atomic E-state index is 11.8. The first-order valence-corrected chi connectivity index (χ1v) is 8.69. The molecule has 0 heterocycles. The summed E-state index contributed by atoms with van der Waals surface area (Å²) in [6.45, 7) is 1.50. The van der Waals surface area contributed by atoms with Gasteiger partial charge in [0.15, 0.2) is 9.84 Å². The van der Waals surface area contributed by atoms with Crippen molar-refractivity contribution in [1.29, 1.82) is 0 Å². The molecular formula is C12H16O4S2. The third-order valence-corrected chi connectivity index (χ3v) is 4.96. The van der Waals surface area contributed by atoms with Gasteiger partial charge in [-0.3, -0.25) is 4.21 Å². The summed E-state index contributed by atoms with van der Waals surface area (Å²) in [6, 6.07) is 6.02. The molecule has 0 aliphatic rings. The zero-order valence-corrected chi connectivity index (χ0v) is 12.0. The van der Waals surface area contributed by atoms with Gasteiger partial charge in [0.25, 0.3) is 0 Å². The fourth-order valence-corrected chi connectivity index (χ4v) is 3.12. The molecule has 0 fully saturated rings. The van der Waals surface area contributed by atoms with Crippen molar-refractivity contribution in [3.05, 3.63) is 24.3 Å². The molecule has 18 heavy (non-hydrogen) atoms. The predicted octanol–water partition coefficient (Wildman–Crippen LogP) is 1.57. The van der Waals surface area contributed by atoms with Gasteiger partial charge in [0.2, 0.25) is 0 Å². The highest BCUT2D eigenvalue weighted by Crippen LogP contribution is 2.14. The fraction of sp³-hybridized carbons (Fsp3) is 0.417. The first-order chi connectivity index (χ1) is 8.30. The lowest BCUT2D eigenvalue weighted by atomic mass is 10.3. The van der Waals surface area contributed by atoms with Crippen molar-refractivity contribution in [2.75, 3.05) is 12.0 Å². The molecule has 0 aliphatic heterocycles. The molecule has 0 bridgehead atoms. The Bertz CT molecular complexity index is 544. The van der Waals surface area contributed by atoms with E-state index in [9.17, 15) is 17.4 Å². The molecule has 100 valence electrons. The molecule has 0 saturated heterocycles. The number of benzene rings is 1. The van der Waals surface area contributed by atoms with Gasteiger partial charge < -0.3 is 4.79 Å². The van der Waals surface area contributed by atoms with Gasteiger partial charge in [0, 0.05) is 23.3 Å². The number of hydrogen-bond acceptors (Lipinski definition) is 4. The van der Waals surface area contributed by atoms with Gasteiger partial charge in [-0.1, -0.05) is 0 Å². The third kappa shape index (κ3) is 4.70. The van der Waals surface area contributed by atoms with Gasteiger partial charge in [-0.05, 0) is 37.6 Å². The van der Waals surface area contributed by atoms with E-state index in [4.69, 9.17) is 0 Å². The van der Waals surface area contributed by atoms with E-state index in [1.807, 2.05) is 0 Å². The summed E-state index contributed by atoms with van der Waals surface area (Å²) in [6.07, 6.45) is 2.13. The average Bonchev–Trinajstić information content (AvgIpc) is 2.27. The van der Waals surface area contributed by atoms with Crippen LogP contribution in [0.15, 0.2) is 34.1 Å². The molecule has 0 aliphatic carbocycles. The smallest absolute Gasteiger partial charge is 0.175 e. The van der Waals surface area contributed by atoms with Gasteiger partial charge in [-0.2, -0.15) is 0 Å². The Balaban J connectivity index is 2.68. The van der Waals surface area contributed by atoms with Crippen LogP contribution in [0, 0.1) is 0 Å². The molecule has 1 aromatic rings. The Kier molecular flexibility index (Phi) is 5.22. The largest absolute Gasteiger partial charge is 0.300 e. The lowest BCUT2D eigenvalue weighted by molar-refractivity contribution is -0.117. The maximum absolute atomic E-state index is 11.8. The van der Waals surface area contributed by atoms with Crippen molar-refractivity contribution in [3.8, 4) is 0 Å². The van der Waals surface area contributed by atoms with Crippen LogP contribution >= 0.6 is 0 Å². The molecule has 0 N–H and O–H groups in total. The van der Waals surface area contributed by atoms with Crippen LogP contribution in [0.2, 0.25) is 0 Å². The van der Waals surface area contributed by atoms with E-state index in [1.54, 1.807) is 12.1 Å². The number of sulfone groups is 1. The highest BCUT2D eigenvalue weighted by molar-refractivity contribution is 7.90. The Labute approximate surface area is 110 Å². The van der Waals surface area contributed by atoms with Crippen LogP contribution < -0.4 is 0 Å². The molecule has 0 amide bonds. The molecule has 0 radical (unpaired) electrons. The van der Waals surface area contributed by atoms with Gasteiger partial charge in [-0.25, -0.2) is 8.42 Å². The van der Waals surface area contributed by atoms with Crippen LogP contribution in [0.5, 0.6) is 0 Å². The van der Waals surface area contributed by atoms with E-state index < -0.39 is 20.6 Å². The standard InChI is InChI=1S/C12H16O4S2/c1-10(13)4-3-9-17(14)11-5-7-12(8-6-11)18(2,15)16/h5-8H,3-4,9H2,1-2H3. The minimum Gasteiger partial charge on any atom is -0.300 e. The Morgan fingerprint density at radius 3 is 2.22 bits per heavy atom. The lowest BCUT2D eigenvalue weighted by Gasteiger charge is -2.03. The van der Waals surface area contributed by atoms with E-state index in [-0.39, 0.29) is 10.7 Å². The zero-order valence-electron chi connectivity index (χ0n) is 10.4. The Morgan fingerprint density at radius 1 is 1.22 bits per heavy atom. The summed E-state index contributed by atoms with van der Waals surface area (Å²) >= 11 is 0. The Morgan fingerprint density at radius 2 is 1.78 bits per heavy atom. The van der Waals surface area contributed by atoms with Crippen molar-refractivity contribution >= 4 is 26.4 Å². The van der Waals surface area contributed by atoms with Crippen molar-refractivity contribution in [1.82, 2.24) is 0 Å².